The lowest BCUT2D eigenvalue weighted by Crippen LogP contribution is -2.39. The molecule has 0 bridgehead atoms. The van der Waals surface area contributed by atoms with Crippen molar-refractivity contribution in [1.29, 1.82) is 0 Å². The van der Waals surface area contributed by atoms with Gasteiger partial charge in [-0.05, 0) is 41.8 Å². The third-order valence-electron chi connectivity index (χ3n) is 3.94. The number of rotatable bonds is 10. The van der Waals surface area contributed by atoms with Gasteiger partial charge in [-0.25, -0.2) is 0 Å². The topological polar surface area (TPSA) is 58.9 Å². The number of aromatic nitrogens is 1. The van der Waals surface area contributed by atoms with Gasteiger partial charge in [0.15, 0.2) is 5.96 Å². The Kier molecular flexibility index (Phi) is 13.9. The van der Waals surface area contributed by atoms with Crippen LogP contribution in [0.1, 0.15) is 44.7 Å². The number of ether oxygens (including phenoxy) is 1. The molecule has 0 unspecified atom stereocenters. The van der Waals surface area contributed by atoms with Crippen LogP contribution in [0.15, 0.2) is 21.7 Å². The molecule has 6 nitrogen and oxygen atoms in total. The van der Waals surface area contributed by atoms with E-state index in [9.17, 15) is 4.79 Å². The highest BCUT2D eigenvalue weighted by Crippen LogP contribution is 2.15. The number of aryl methyl sites for hydroxylation is 1. The van der Waals surface area contributed by atoms with E-state index in [0.29, 0.717) is 13.0 Å². The van der Waals surface area contributed by atoms with E-state index in [4.69, 9.17) is 4.74 Å². The van der Waals surface area contributed by atoms with Crippen LogP contribution in [0.5, 0.6) is 0 Å². The van der Waals surface area contributed by atoms with Crippen molar-refractivity contribution in [3.63, 3.8) is 0 Å². The molecule has 0 atom stereocenters. The second kappa shape index (κ2) is 14.3. The summed E-state index contributed by atoms with van der Waals surface area (Å²) in [5, 5.41) is 3.40. The zero-order valence-corrected chi connectivity index (χ0v) is 20.2. The highest BCUT2D eigenvalue weighted by molar-refractivity contribution is 14.0. The molecule has 8 heteroatoms. The summed E-state index contributed by atoms with van der Waals surface area (Å²) in [6.45, 7) is 3.98. The van der Waals surface area contributed by atoms with Gasteiger partial charge in [0.2, 0.25) is 0 Å². The van der Waals surface area contributed by atoms with E-state index < -0.39 is 0 Å². The Balaban J connectivity index is 0.00000625. The number of nitrogens with zero attached hydrogens (tertiary/aromatic N) is 3. The number of aliphatic imine (C=N–C) groups is 1. The molecule has 0 saturated carbocycles. The van der Waals surface area contributed by atoms with Crippen LogP contribution in [0.25, 0.3) is 0 Å². The number of guanidine groups is 1. The van der Waals surface area contributed by atoms with Crippen molar-refractivity contribution in [3.8, 4) is 0 Å². The van der Waals surface area contributed by atoms with Gasteiger partial charge in [-0.1, -0.05) is 12.8 Å². The molecule has 26 heavy (non-hydrogen) atoms. The molecular formula is C18H32BrIN4O2. The summed E-state index contributed by atoms with van der Waals surface area (Å²) in [6, 6.07) is 2.12. The fraction of sp³-hybridized carbons (Fsp3) is 0.667. The SMILES string of the molecule is CCOC(=O)CCCCCCNC(=NC)N(C)Cc1cc(Br)cn1C.I. The zero-order valence-electron chi connectivity index (χ0n) is 16.3. The van der Waals surface area contributed by atoms with Gasteiger partial charge in [0.05, 0.1) is 13.2 Å². The number of carbonyl (C=O) groups excluding carboxylic acids is 1. The predicted octanol–water partition coefficient (Wildman–Crippen LogP) is 3.93. The van der Waals surface area contributed by atoms with Crippen molar-refractivity contribution in [2.45, 2.75) is 45.6 Å². The lowest BCUT2D eigenvalue weighted by molar-refractivity contribution is -0.143. The average molecular weight is 543 g/mol. The number of nitrogens with one attached hydrogen (secondary N) is 1. The summed E-state index contributed by atoms with van der Waals surface area (Å²) in [6.07, 6.45) is 6.68. The molecule has 0 aliphatic carbocycles. The van der Waals surface area contributed by atoms with Gasteiger partial charge in [-0.15, -0.1) is 24.0 Å². The van der Waals surface area contributed by atoms with Gasteiger partial charge < -0.3 is 19.5 Å². The minimum Gasteiger partial charge on any atom is -0.466 e. The second-order valence-corrected chi connectivity index (χ2v) is 6.98. The van der Waals surface area contributed by atoms with Crippen molar-refractivity contribution in [2.24, 2.45) is 12.0 Å². The summed E-state index contributed by atoms with van der Waals surface area (Å²) in [5.41, 5.74) is 1.22. The van der Waals surface area contributed by atoms with E-state index >= 15 is 0 Å². The van der Waals surface area contributed by atoms with E-state index in [1.165, 1.54) is 5.69 Å². The number of carbonyl (C=O) groups is 1. The van der Waals surface area contributed by atoms with Crippen LogP contribution < -0.4 is 5.32 Å². The standard InChI is InChI=1S/C18H31BrN4O2.HI/c1-5-25-17(24)10-8-6-7-9-11-21-18(20-2)23(4)14-16-12-15(19)13-22(16)3;/h12-13H,5-11,14H2,1-4H3,(H,20,21);1H. The maximum atomic E-state index is 11.3. The van der Waals surface area contributed by atoms with Crippen molar-refractivity contribution in [3.05, 3.63) is 22.4 Å². The summed E-state index contributed by atoms with van der Waals surface area (Å²) in [7, 11) is 5.88. The second-order valence-electron chi connectivity index (χ2n) is 6.06. The van der Waals surface area contributed by atoms with Crippen molar-refractivity contribution in [1.82, 2.24) is 14.8 Å². The van der Waals surface area contributed by atoms with Gasteiger partial charge in [-0.2, -0.15) is 0 Å². The third kappa shape index (κ3) is 9.80. The molecule has 1 heterocycles. The van der Waals surface area contributed by atoms with E-state index in [0.717, 1.165) is 49.2 Å². The average Bonchev–Trinajstić information content (AvgIpc) is 2.87. The third-order valence-corrected chi connectivity index (χ3v) is 4.38. The lowest BCUT2D eigenvalue weighted by atomic mass is 10.1. The Hall–Kier alpha value is -0.770. The summed E-state index contributed by atoms with van der Waals surface area (Å²) in [5.74, 6) is 0.804. The van der Waals surface area contributed by atoms with E-state index in [1.54, 1.807) is 7.05 Å². The van der Waals surface area contributed by atoms with Gasteiger partial charge in [0.1, 0.15) is 0 Å². The van der Waals surface area contributed by atoms with Gasteiger partial charge in [-0.3, -0.25) is 9.79 Å². The number of esters is 1. The molecule has 0 saturated heterocycles. The van der Waals surface area contributed by atoms with Crippen LogP contribution in [-0.2, 0) is 23.1 Å². The van der Waals surface area contributed by atoms with Crippen LogP contribution in [0.4, 0.5) is 0 Å². The quantitative estimate of drug-likeness (QED) is 0.160. The molecule has 0 aliphatic rings. The van der Waals surface area contributed by atoms with Crippen LogP contribution >= 0.6 is 39.9 Å². The molecule has 1 rings (SSSR count). The Morgan fingerprint density at radius 2 is 2.04 bits per heavy atom. The number of unbranched alkanes of at least 4 members (excludes halogenated alkanes) is 3. The van der Waals surface area contributed by atoms with Crippen LogP contribution in [0.2, 0.25) is 0 Å². The molecule has 0 radical (unpaired) electrons. The first-order valence-electron chi connectivity index (χ1n) is 8.86. The monoisotopic (exact) mass is 542 g/mol. The molecule has 0 amide bonds. The van der Waals surface area contributed by atoms with Crippen LogP contribution in [0.3, 0.4) is 0 Å². The Morgan fingerprint density at radius 1 is 1.35 bits per heavy atom. The molecular weight excluding hydrogens is 511 g/mol. The van der Waals surface area contributed by atoms with E-state index in [-0.39, 0.29) is 29.9 Å². The molecule has 1 aromatic rings. The highest BCUT2D eigenvalue weighted by atomic mass is 127. The van der Waals surface area contributed by atoms with Gasteiger partial charge in [0, 0.05) is 50.5 Å². The number of hydrogen-bond acceptors (Lipinski definition) is 3. The summed E-state index contributed by atoms with van der Waals surface area (Å²) in [4.78, 5) is 17.7. The van der Waals surface area contributed by atoms with Crippen LogP contribution in [0, 0.1) is 0 Å². The molecule has 150 valence electrons. The first-order chi connectivity index (χ1) is 12.0. The Bertz CT molecular complexity index is 563. The first-order valence-corrected chi connectivity index (χ1v) is 9.65. The minimum atomic E-state index is -0.0880. The fourth-order valence-electron chi connectivity index (χ4n) is 2.61. The molecule has 0 spiro atoms. The van der Waals surface area contributed by atoms with Gasteiger partial charge >= 0.3 is 5.97 Å². The van der Waals surface area contributed by atoms with Crippen molar-refractivity contribution < 1.29 is 9.53 Å². The minimum absolute atomic E-state index is 0. The Labute approximate surface area is 182 Å². The van der Waals surface area contributed by atoms with E-state index in [1.807, 2.05) is 21.0 Å². The molecule has 0 aliphatic heterocycles. The summed E-state index contributed by atoms with van der Waals surface area (Å²) >= 11 is 3.50. The first kappa shape index (κ1) is 25.2. The van der Waals surface area contributed by atoms with Gasteiger partial charge in [0.25, 0.3) is 0 Å². The maximum absolute atomic E-state index is 11.3. The maximum Gasteiger partial charge on any atom is 0.305 e. The van der Waals surface area contributed by atoms with Crippen molar-refractivity contribution in [2.75, 3.05) is 27.2 Å². The number of halogens is 2. The normalized spacial score (nSPS) is 11.0. The predicted molar refractivity (Wildman–Crippen MR) is 121 cm³/mol. The zero-order chi connectivity index (χ0) is 18.7. The number of hydrogen-bond donors (Lipinski definition) is 1. The summed E-state index contributed by atoms with van der Waals surface area (Å²) < 4.78 is 8.12. The Morgan fingerprint density at radius 3 is 2.62 bits per heavy atom. The fourth-order valence-corrected chi connectivity index (χ4v) is 3.18. The molecule has 1 N–H and O–H groups in total. The molecule has 0 fully saturated rings. The van der Waals surface area contributed by atoms with Crippen molar-refractivity contribution >= 4 is 51.8 Å². The largest absolute Gasteiger partial charge is 0.466 e. The lowest BCUT2D eigenvalue weighted by Gasteiger charge is -2.22. The highest BCUT2D eigenvalue weighted by Gasteiger charge is 2.09. The van der Waals surface area contributed by atoms with E-state index in [2.05, 4.69) is 48.0 Å². The van der Waals surface area contributed by atoms with Crippen LogP contribution in [-0.4, -0.2) is 48.6 Å². The molecule has 1 aromatic heterocycles. The smallest absolute Gasteiger partial charge is 0.305 e. The molecule has 0 aromatic carbocycles.